The molecule has 0 spiro atoms. The van der Waals surface area contributed by atoms with Crippen LogP contribution in [0.15, 0.2) is 42.5 Å². The topological polar surface area (TPSA) is 102 Å². The third-order valence-electron chi connectivity index (χ3n) is 2.95. The van der Waals surface area contributed by atoms with Crippen molar-refractivity contribution in [2.24, 2.45) is 0 Å². The molecule has 0 saturated heterocycles. The van der Waals surface area contributed by atoms with Gasteiger partial charge >= 0.3 is 5.97 Å². The summed E-state index contributed by atoms with van der Waals surface area (Å²) in [5.74, 6) is -0.681. The standard InChI is InChI=1S/C15H13ClN2O5/c1-9(15(19)20)23-12-5-3-11(4-6-12)17-13-7-2-10(16)8-14(13)18(21)22/h2-9,17H,1H3,(H,19,20). The van der Waals surface area contributed by atoms with Crippen LogP contribution < -0.4 is 10.1 Å². The van der Waals surface area contributed by atoms with E-state index in [-0.39, 0.29) is 10.7 Å². The number of nitrogens with one attached hydrogen (secondary N) is 1. The van der Waals surface area contributed by atoms with Crippen LogP contribution in [0, 0.1) is 10.1 Å². The second-order valence-corrected chi connectivity index (χ2v) is 5.10. The summed E-state index contributed by atoms with van der Waals surface area (Å²) in [7, 11) is 0. The summed E-state index contributed by atoms with van der Waals surface area (Å²) in [5, 5.41) is 23.0. The maximum Gasteiger partial charge on any atom is 0.344 e. The Morgan fingerprint density at radius 2 is 1.96 bits per heavy atom. The van der Waals surface area contributed by atoms with Crippen LogP contribution in [0.4, 0.5) is 17.1 Å². The van der Waals surface area contributed by atoms with Crippen molar-refractivity contribution in [1.29, 1.82) is 0 Å². The fourth-order valence-electron chi connectivity index (χ4n) is 1.79. The molecule has 8 heteroatoms. The fourth-order valence-corrected chi connectivity index (χ4v) is 1.95. The third kappa shape index (κ3) is 4.33. The first-order valence-corrected chi connectivity index (χ1v) is 6.95. The van der Waals surface area contributed by atoms with E-state index in [1.54, 1.807) is 30.3 Å². The van der Waals surface area contributed by atoms with Gasteiger partial charge in [0.2, 0.25) is 0 Å². The molecule has 0 saturated carbocycles. The Kier molecular flexibility index (Phi) is 5.02. The molecule has 0 aromatic heterocycles. The number of nitro benzene ring substituents is 1. The summed E-state index contributed by atoms with van der Waals surface area (Å²) in [6.45, 7) is 1.42. The molecule has 7 nitrogen and oxygen atoms in total. The number of ether oxygens (including phenoxy) is 1. The van der Waals surface area contributed by atoms with Crippen LogP contribution in [-0.2, 0) is 4.79 Å². The first-order chi connectivity index (χ1) is 10.9. The van der Waals surface area contributed by atoms with Crippen molar-refractivity contribution >= 4 is 34.6 Å². The van der Waals surface area contributed by atoms with Gasteiger partial charge in [0.05, 0.1) is 4.92 Å². The number of carboxylic acid groups (broad SMARTS) is 1. The zero-order valence-electron chi connectivity index (χ0n) is 12.0. The van der Waals surface area contributed by atoms with Crippen LogP contribution in [-0.4, -0.2) is 22.1 Å². The Bertz CT molecular complexity index is 733. The zero-order valence-corrected chi connectivity index (χ0v) is 12.8. The molecule has 2 N–H and O–H groups in total. The number of nitro groups is 1. The second-order valence-electron chi connectivity index (χ2n) is 4.67. The lowest BCUT2D eigenvalue weighted by Gasteiger charge is -2.11. The highest BCUT2D eigenvalue weighted by Crippen LogP contribution is 2.30. The van der Waals surface area contributed by atoms with Crippen LogP contribution in [0.5, 0.6) is 5.75 Å². The van der Waals surface area contributed by atoms with Gasteiger partial charge in [0.25, 0.3) is 5.69 Å². The van der Waals surface area contributed by atoms with Crippen molar-refractivity contribution in [3.8, 4) is 5.75 Å². The number of benzene rings is 2. The van der Waals surface area contributed by atoms with Crippen LogP contribution in [0.25, 0.3) is 0 Å². The van der Waals surface area contributed by atoms with Gasteiger partial charge in [-0.1, -0.05) is 11.6 Å². The highest BCUT2D eigenvalue weighted by atomic mass is 35.5. The van der Waals surface area contributed by atoms with Gasteiger partial charge in [-0.25, -0.2) is 4.79 Å². The number of rotatable bonds is 6. The lowest BCUT2D eigenvalue weighted by atomic mass is 10.2. The van der Waals surface area contributed by atoms with E-state index in [9.17, 15) is 14.9 Å². The van der Waals surface area contributed by atoms with E-state index in [4.69, 9.17) is 21.4 Å². The van der Waals surface area contributed by atoms with Gasteiger partial charge in [0, 0.05) is 16.8 Å². The molecule has 120 valence electrons. The first kappa shape index (κ1) is 16.6. The number of hydrogen-bond acceptors (Lipinski definition) is 5. The van der Waals surface area contributed by atoms with Gasteiger partial charge in [-0.2, -0.15) is 0 Å². The number of anilines is 2. The Hall–Kier alpha value is -2.80. The third-order valence-corrected chi connectivity index (χ3v) is 3.19. The molecule has 2 aromatic carbocycles. The number of hydrogen-bond donors (Lipinski definition) is 2. The number of aliphatic carboxylic acids is 1. The largest absolute Gasteiger partial charge is 0.479 e. The lowest BCUT2D eigenvalue weighted by Crippen LogP contribution is -2.22. The highest BCUT2D eigenvalue weighted by molar-refractivity contribution is 6.30. The molecule has 0 fully saturated rings. The van der Waals surface area contributed by atoms with Gasteiger partial charge in [0.1, 0.15) is 11.4 Å². The molecule has 0 aliphatic carbocycles. The minimum absolute atomic E-state index is 0.141. The lowest BCUT2D eigenvalue weighted by molar-refractivity contribution is -0.383. The fraction of sp³-hybridized carbons (Fsp3) is 0.133. The quantitative estimate of drug-likeness (QED) is 0.613. The van der Waals surface area contributed by atoms with Gasteiger partial charge in [-0.15, -0.1) is 0 Å². The highest BCUT2D eigenvalue weighted by Gasteiger charge is 2.15. The average molecular weight is 337 g/mol. The zero-order chi connectivity index (χ0) is 17.0. The number of nitrogens with zero attached hydrogens (tertiary/aromatic N) is 1. The molecule has 23 heavy (non-hydrogen) atoms. The number of halogens is 1. The predicted molar refractivity (Wildman–Crippen MR) is 85.6 cm³/mol. The first-order valence-electron chi connectivity index (χ1n) is 6.57. The van der Waals surface area contributed by atoms with Crippen LogP contribution in [0.2, 0.25) is 5.02 Å². The van der Waals surface area contributed by atoms with E-state index in [0.29, 0.717) is 17.1 Å². The summed E-state index contributed by atoms with van der Waals surface area (Å²) in [6, 6.07) is 10.7. The summed E-state index contributed by atoms with van der Waals surface area (Å²) < 4.78 is 5.21. The van der Waals surface area contributed by atoms with E-state index < -0.39 is 17.0 Å². The van der Waals surface area contributed by atoms with E-state index in [1.807, 2.05) is 0 Å². The summed E-state index contributed by atoms with van der Waals surface area (Å²) in [5.41, 5.74) is 0.745. The predicted octanol–water partition coefficient (Wildman–Crippen LogP) is 3.84. The molecule has 1 unspecified atom stereocenters. The van der Waals surface area contributed by atoms with Crippen LogP contribution in [0.1, 0.15) is 6.92 Å². The van der Waals surface area contributed by atoms with Crippen molar-refractivity contribution in [3.63, 3.8) is 0 Å². The van der Waals surface area contributed by atoms with Crippen molar-refractivity contribution in [2.75, 3.05) is 5.32 Å². The van der Waals surface area contributed by atoms with E-state index in [0.717, 1.165) is 0 Å². The smallest absolute Gasteiger partial charge is 0.344 e. The van der Waals surface area contributed by atoms with Crippen molar-refractivity contribution in [2.45, 2.75) is 13.0 Å². The second kappa shape index (κ2) is 6.97. The molecule has 0 aliphatic rings. The maximum atomic E-state index is 11.0. The molecule has 2 aromatic rings. The molecule has 0 aliphatic heterocycles. The molecule has 0 radical (unpaired) electrons. The molecular weight excluding hydrogens is 324 g/mol. The van der Waals surface area contributed by atoms with Crippen LogP contribution >= 0.6 is 11.6 Å². The molecule has 0 bridgehead atoms. The maximum absolute atomic E-state index is 11.0. The van der Waals surface area contributed by atoms with Gasteiger partial charge < -0.3 is 15.2 Å². The van der Waals surface area contributed by atoms with E-state index >= 15 is 0 Å². The van der Waals surface area contributed by atoms with Gasteiger partial charge in [-0.3, -0.25) is 10.1 Å². The Morgan fingerprint density at radius 1 is 1.30 bits per heavy atom. The monoisotopic (exact) mass is 336 g/mol. The molecular formula is C15H13ClN2O5. The summed E-state index contributed by atoms with van der Waals surface area (Å²) in [4.78, 5) is 21.2. The normalized spacial score (nSPS) is 11.6. The minimum Gasteiger partial charge on any atom is -0.479 e. The Labute approximate surface area is 136 Å². The number of carboxylic acids is 1. The summed E-state index contributed by atoms with van der Waals surface area (Å²) in [6.07, 6.45) is -0.967. The minimum atomic E-state index is -1.07. The molecule has 0 heterocycles. The van der Waals surface area contributed by atoms with Crippen molar-refractivity contribution < 1.29 is 19.6 Å². The number of carbonyl (C=O) groups is 1. The average Bonchev–Trinajstić information content (AvgIpc) is 2.50. The van der Waals surface area contributed by atoms with E-state index in [1.165, 1.54) is 19.1 Å². The molecule has 1 atom stereocenters. The SMILES string of the molecule is CC(Oc1ccc(Nc2ccc(Cl)cc2[N+](=O)[O-])cc1)C(=O)O. The van der Waals surface area contributed by atoms with Gasteiger partial charge in [-0.05, 0) is 43.3 Å². The Balaban J connectivity index is 2.15. The van der Waals surface area contributed by atoms with E-state index in [2.05, 4.69) is 5.32 Å². The van der Waals surface area contributed by atoms with Crippen molar-refractivity contribution in [3.05, 3.63) is 57.6 Å². The van der Waals surface area contributed by atoms with Gasteiger partial charge in [0.15, 0.2) is 6.10 Å². The Morgan fingerprint density at radius 3 is 2.52 bits per heavy atom. The summed E-state index contributed by atoms with van der Waals surface area (Å²) >= 11 is 5.76. The van der Waals surface area contributed by atoms with Crippen molar-refractivity contribution in [1.82, 2.24) is 0 Å². The molecule has 0 amide bonds. The molecule has 2 rings (SSSR count). The van der Waals surface area contributed by atoms with Crippen LogP contribution in [0.3, 0.4) is 0 Å².